The standard InChI is InChI=1S/C6H15O3P/c1-5(2)6(3,4)9-10(7)8/h5,10H,1-4H3,(H,7,8). The van der Waals surface area contributed by atoms with Crippen molar-refractivity contribution in [2.75, 3.05) is 0 Å². The molecule has 0 aromatic heterocycles. The molecule has 0 bridgehead atoms. The fraction of sp³-hybridized carbons (Fsp3) is 1.00. The Morgan fingerprint density at radius 3 is 2.00 bits per heavy atom. The van der Waals surface area contributed by atoms with Crippen LogP contribution in [-0.4, -0.2) is 10.5 Å². The first-order valence-electron chi connectivity index (χ1n) is 3.28. The van der Waals surface area contributed by atoms with Crippen molar-refractivity contribution in [3.05, 3.63) is 0 Å². The molecule has 62 valence electrons. The van der Waals surface area contributed by atoms with Crippen LogP contribution in [-0.2, 0) is 9.09 Å². The average Bonchev–Trinajstić information content (AvgIpc) is 1.60. The molecular weight excluding hydrogens is 151 g/mol. The highest BCUT2D eigenvalue weighted by Crippen LogP contribution is 2.30. The highest BCUT2D eigenvalue weighted by atomic mass is 31.1. The van der Waals surface area contributed by atoms with E-state index in [0.29, 0.717) is 0 Å². The van der Waals surface area contributed by atoms with E-state index in [9.17, 15) is 4.57 Å². The van der Waals surface area contributed by atoms with Crippen molar-refractivity contribution in [2.24, 2.45) is 5.92 Å². The van der Waals surface area contributed by atoms with Crippen molar-refractivity contribution in [3.63, 3.8) is 0 Å². The highest BCUT2D eigenvalue weighted by molar-refractivity contribution is 7.32. The minimum atomic E-state index is -2.79. The van der Waals surface area contributed by atoms with E-state index in [4.69, 9.17) is 9.42 Å². The SMILES string of the molecule is CC(C)C(C)(C)O[PH](=O)O. The van der Waals surface area contributed by atoms with Gasteiger partial charge >= 0.3 is 8.25 Å². The summed E-state index contributed by atoms with van der Waals surface area (Å²) >= 11 is 0. The van der Waals surface area contributed by atoms with Gasteiger partial charge in [0.2, 0.25) is 0 Å². The summed E-state index contributed by atoms with van der Waals surface area (Å²) in [5.41, 5.74) is -0.495. The van der Waals surface area contributed by atoms with Gasteiger partial charge in [0.15, 0.2) is 0 Å². The van der Waals surface area contributed by atoms with Crippen LogP contribution in [0, 0.1) is 5.92 Å². The van der Waals surface area contributed by atoms with Gasteiger partial charge < -0.3 is 9.42 Å². The molecule has 0 radical (unpaired) electrons. The summed E-state index contributed by atoms with van der Waals surface area (Å²) in [5, 5.41) is 0. The van der Waals surface area contributed by atoms with E-state index >= 15 is 0 Å². The molecule has 1 unspecified atom stereocenters. The predicted octanol–water partition coefficient (Wildman–Crippen LogP) is 1.82. The van der Waals surface area contributed by atoms with E-state index < -0.39 is 13.9 Å². The van der Waals surface area contributed by atoms with Crippen LogP contribution in [0.4, 0.5) is 0 Å². The van der Waals surface area contributed by atoms with Crippen LogP contribution in [0.25, 0.3) is 0 Å². The minimum Gasteiger partial charge on any atom is -0.326 e. The molecule has 0 aromatic carbocycles. The van der Waals surface area contributed by atoms with Crippen LogP contribution in [0.2, 0.25) is 0 Å². The summed E-state index contributed by atoms with van der Waals surface area (Å²) in [6.07, 6.45) is 0. The zero-order valence-corrected chi connectivity index (χ0v) is 7.84. The molecule has 3 nitrogen and oxygen atoms in total. The summed E-state index contributed by atoms with van der Waals surface area (Å²) in [7, 11) is -2.79. The summed E-state index contributed by atoms with van der Waals surface area (Å²) in [4.78, 5) is 8.46. The lowest BCUT2D eigenvalue weighted by atomic mass is 9.95. The minimum absolute atomic E-state index is 0.244. The van der Waals surface area contributed by atoms with E-state index in [1.54, 1.807) is 13.8 Å². The maximum atomic E-state index is 10.3. The second-order valence-corrected chi connectivity index (χ2v) is 3.86. The molecule has 0 aliphatic carbocycles. The third kappa shape index (κ3) is 3.35. The number of hydrogen-bond donors (Lipinski definition) is 1. The van der Waals surface area contributed by atoms with Crippen molar-refractivity contribution in [1.82, 2.24) is 0 Å². The van der Waals surface area contributed by atoms with Gasteiger partial charge in [-0.05, 0) is 19.8 Å². The van der Waals surface area contributed by atoms with Crippen LogP contribution >= 0.6 is 8.25 Å². The van der Waals surface area contributed by atoms with Gasteiger partial charge in [-0.3, -0.25) is 4.57 Å². The Balaban J connectivity index is 3.99. The Bertz CT molecular complexity index is 131. The smallest absolute Gasteiger partial charge is 0.317 e. The Hall–Kier alpha value is 0.150. The van der Waals surface area contributed by atoms with Crippen LogP contribution in [0.5, 0.6) is 0 Å². The van der Waals surface area contributed by atoms with Gasteiger partial charge in [0.05, 0.1) is 5.60 Å². The Kier molecular flexibility index (Phi) is 3.57. The molecule has 0 aromatic rings. The van der Waals surface area contributed by atoms with E-state index in [1.807, 2.05) is 13.8 Å². The molecule has 10 heavy (non-hydrogen) atoms. The first-order chi connectivity index (χ1) is 4.36. The summed E-state index contributed by atoms with van der Waals surface area (Å²) < 4.78 is 15.1. The lowest BCUT2D eigenvalue weighted by Gasteiger charge is -2.27. The Morgan fingerprint density at radius 1 is 1.50 bits per heavy atom. The molecular formula is C6H15O3P. The third-order valence-corrected chi connectivity index (χ3v) is 2.44. The topological polar surface area (TPSA) is 46.5 Å². The van der Waals surface area contributed by atoms with E-state index in [2.05, 4.69) is 0 Å². The van der Waals surface area contributed by atoms with Crippen LogP contribution in [0.1, 0.15) is 27.7 Å². The van der Waals surface area contributed by atoms with Gasteiger partial charge in [-0.1, -0.05) is 13.8 Å². The Morgan fingerprint density at radius 2 is 1.90 bits per heavy atom. The molecule has 0 saturated carbocycles. The molecule has 0 heterocycles. The van der Waals surface area contributed by atoms with Gasteiger partial charge in [-0.2, -0.15) is 0 Å². The highest BCUT2D eigenvalue weighted by Gasteiger charge is 2.24. The fourth-order valence-corrected chi connectivity index (χ4v) is 1.03. The van der Waals surface area contributed by atoms with Crippen molar-refractivity contribution in [1.29, 1.82) is 0 Å². The summed E-state index contributed by atoms with van der Waals surface area (Å²) in [6.45, 7) is 7.50. The maximum Gasteiger partial charge on any atom is 0.317 e. The Labute approximate surface area is 62.3 Å². The molecule has 0 saturated heterocycles. The largest absolute Gasteiger partial charge is 0.326 e. The molecule has 0 aliphatic heterocycles. The monoisotopic (exact) mass is 166 g/mol. The fourth-order valence-electron chi connectivity index (χ4n) is 0.343. The molecule has 0 spiro atoms. The van der Waals surface area contributed by atoms with Gasteiger partial charge in [0, 0.05) is 0 Å². The van der Waals surface area contributed by atoms with Crippen molar-refractivity contribution >= 4 is 8.25 Å². The zero-order chi connectivity index (χ0) is 8.36. The normalized spacial score (nSPS) is 15.8. The van der Waals surface area contributed by atoms with Crippen LogP contribution < -0.4 is 0 Å². The van der Waals surface area contributed by atoms with Crippen molar-refractivity contribution in [3.8, 4) is 0 Å². The van der Waals surface area contributed by atoms with E-state index in [-0.39, 0.29) is 5.92 Å². The molecule has 1 N–H and O–H groups in total. The van der Waals surface area contributed by atoms with Gasteiger partial charge in [0.1, 0.15) is 0 Å². The lowest BCUT2D eigenvalue weighted by Crippen LogP contribution is -2.28. The predicted molar refractivity (Wildman–Crippen MR) is 41.2 cm³/mol. The first kappa shape index (κ1) is 10.2. The van der Waals surface area contributed by atoms with Gasteiger partial charge in [-0.15, -0.1) is 0 Å². The quantitative estimate of drug-likeness (QED) is 0.650. The van der Waals surface area contributed by atoms with Gasteiger partial charge in [-0.25, -0.2) is 0 Å². The first-order valence-corrected chi connectivity index (χ1v) is 4.54. The molecule has 1 atom stereocenters. The van der Waals surface area contributed by atoms with E-state index in [0.717, 1.165) is 0 Å². The summed E-state index contributed by atoms with van der Waals surface area (Å²) in [6, 6.07) is 0. The lowest BCUT2D eigenvalue weighted by molar-refractivity contribution is 0.0564. The number of hydrogen-bond acceptors (Lipinski definition) is 2. The van der Waals surface area contributed by atoms with Crippen LogP contribution in [0.15, 0.2) is 0 Å². The van der Waals surface area contributed by atoms with Crippen molar-refractivity contribution in [2.45, 2.75) is 33.3 Å². The summed E-state index contributed by atoms with van der Waals surface area (Å²) in [5.74, 6) is 0.244. The average molecular weight is 166 g/mol. The van der Waals surface area contributed by atoms with Crippen molar-refractivity contribution < 1.29 is 14.0 Å². The van der Waals surface area contributed by atoms with Gasteiger partial charge in [0.25, 0.3) is 0 Å². The molecule has 0 rings (SSSR count). The maximum absolute atomic E-state index is 10.3. The molecule has 0 amide bonds. The third-order valence-electron chi connectivity index (χ3n) is 1.74. The van der Waals surface area contributed by atoms with E-state index in [1.165, 1.54) is 0 Å². The van der Waals surface area contributed by atoms with Crippen LogP contribution in [0.3, 0.4) is 0 Å². The second kappa shape index (κ2) is 3.51. The molecule has 0 aliphatic rings. The molecule has 0 fully saturated rings. The second-order valence-electron chi connectivity index (χ2n) is 3.13. The molecule has 4 heteroatoms. The zero-order valence-electron chi connectivity index (χ0n) is 6.84. The number of rotatable bonds is 3.